The van der Waals surface area contributed by atoms with Gasteiger partial charge < -0.3 is 14.3 Å². The van der Waals surface area contributed by atoms with E-state index in [-0.39, 0.29) is 5.97 Å². The Hall–Kier alpha value is -3.27. The van der Waals surface area contributed by atoms with Gasteiger partial charge in [-0.3, -0.25) is 0 Å². The van der Waals surface area contributed by atoms with Gasteiger partial charge in [-0.2, -0.15) is 0 Å². The number of carbonyl (C=O) groups excluding carboxylic acids is 1. The van der Waals surface area contributed by atoms with E-state index < -0.39 is 0 Å². The molecule has 4 aromatic rings. The number of hydrogen-bond donors (Lipinski definition) is 1. The number of unbranched alkanes of at least 4 members (excludes halogenated alkanes) is 1. The van der Waals surface area contributed by atoms with Crippen molar-refractivity contribution < 1.29 is 9.53 Å². The molecule has 0 bridgehead atoms. The number of fused-ring (bicyclic) bond motifs is 1. The molecule has 0 aliphatic carbocycles. The second-order valence-electron chi connectivity index (χ2n) is 8.21. The fourth-order valence-electron chi connectivity index (χ4n) is 4.58. The van der Waals surface area contributed by atoms with E-state index in [1.807, 2.05) is 25.1 Å². The van der Waals surface area contributed by atoms with Gasteiger partial charge in [-0.1, -0.05) is 55.3 Å². The maximum Gasteiger partial charge on any atom is 0.340 e. The van der Waals surface area contributed by atoms with Crippen molar-refractivity contribution in [1.82, 2.24) is 9.55 Å². The fourth-order valence-corrected chi connectivity index (χ4v) is 4.58. The molecule has 2 heterocycles. The Balaban J connectivity index is 2.11. The molecule has 0 amide bonds. The second kappa shape index (κ2) is 8.46. The van der Waals surface area contributed by atoms with Crippen molar-refractivity contribution in [2.75, 3.05) is 7.11 Å². The number of aryl methyl sites for hydroxylation is 1. The van der Waals surface area contributed by atoms with Gasteiger partial charge in [0.1, 0.15) is 0 Å². The maximum atomic E-state index is 13.0. The summed E-state index contributed by atoms with van der Waals surface area (Å²) in [4.78, 5) is 16.6. The molecule has 0 spiro atoms. The van der Waals surface area contributed by atoms with Crippen molar-refractivity contribution in [2.24, 2.45) is 0 Å². The number of methoxy groups -OCH3 is 1. The van der Waals surface area contributed by atoms with Crippen LogP contribution in [0, 0.1) is 20.8 Å². The molecule has 0 atom stereocenters. The molecule has 0 saturated carbocycles. The third-order valence-corrected chi connectivity index (χ3v) is 6.17. The number of esters is 1. The van der Waals surface area contributed by atoms with Gasteiger partial charge in [0.25, 0.3) is 0 Å². The molecule has 4 heteroatoms. The van der Waals surface area contributed by atoms with Gasteiger partial charge in [0, 0.05) is 40.0 Å². The zero-order valence-electron chi connectivity index (χ0n) is 19.0. The number of nitrogens with zero attached hydrogens (tertiary/aromatic N) is 1. The highest BCUT2D eigenvalue weighted by molar-refractivity contribution is 6.10. The Bertz CT molecular complexity index is 1250. The Kier molecular flexibility index (Phi) is 5.73. The molecular weight excluding hydrogens is 384 g/mol. The molecule has 4 nitrogen and oxygen atoms in total. The van der Waals surface area contributed by atoms with Crippen LogP contribution in [0.5, 0.6) is 0 Å². The summed E-state index contributed by atoms with van der Waals surface area (Å²) >= 11 is 0. The minimum atomic E-state index is -0.285. The summed E-state index contributed by atoms with van der Waals surface area (Å²) < 4.78 is 7.52. The average molecular weight is 415 g/mol. The predicted octanol–water partition coefficient (Wildman–Crippen LogP) is 6.82. The Morgan fingerprint density at radius 1 is 1.00 bits per heavy atom. The molecule has 0 aliphatic rings. The van der Waals surface area contributed by atoms with Crippen molar-refractivity contribution in [1.29, 1.82) is 0 Å². The number of ether oxygens (including phenoxy) is 1. The minimum Gasteiger partial charge on any atom is -0.465 e. The van der Waals surface area contributed by atoms with Crippen molar-refractivity contribution in [3.8, 4) is 22.4 Å². The Morgan fingerprint density at radius 3 is 2.42 bits per heavy atom. The number of benzene rings is 2. The highest BCUT2D eigenvalue weighted by Gasteiger charge is 2.28. The summed E-state index contributed by atoms with van der Waals surface area (Å²) in [6.45, 7) is 9.32. The summed E-state index contributed by atoms with van der Waals surface area (Å²) in [5.41, 5.74) is 9.15. The van der Waals surface area contributed by atoms with E-state index >= 15 is 0 Å². The molecule has 2 aromatic heterocycles. The van der Waals surface area contributed by atoms with Gasteiger partial charge >= 0.3 is 5.97 Å². The highest BCUT2D eigenvalue weighted by Crippen LogP contribution is 2.43. The topological polar surface area (TPSA) is 47.0 Å². The first kappa shape index (κ1) is 21.0. The first-order chi connectivity index (χ1) is 15.0. The summed E-state index contributed by atoms with van der Waals surface area (Å²) in [6.07, 6.45) is 2.16. The molecule has 0 unspecified atom stereocenters. The Labute approximate surface area is 183 Å². The van der Waals surface area contributed by atoms with Crippen molar-refractivity contribution >= 4 is 16.9 Å². The van der Waals surface area contributed by atoms with Crippen LogP contribution in [0.4, 0.5) is 0 Å². The van der Waals surface area contributed by atoms with E-state index in [2.05, 4.69) is 60.7 Å². The molecule has 0 radical (unpaired) electrons. The smallest absolute Gasteiger partial charge is 0.340 e. The predicted molar refractivity (Wildman–Crippen MR) is 128 cm³/mol. The number of nitrogens with one attached hydrogen (secondary N) is 1. The van der Waals surface area contributed by atoms with E-state index in [0.29, 0.717) is 5.56 Å². The molecule has 0 aliphatic heterocycles. The van der Waals surface area contributed by atoms with Gasteiger partial charge in [0.05, 0.1) is 18.4 Å². The lowest BCUT2D eigenvalue weighted by Crippen LogP contribution is -2.06. The largest absolute Gasteiger partial charge is 0.465 e. The zero-order valence-corrected chi connectivity index (χ0v) is 19.0. The molecule has 2 aromatic carbocycles. The van der Waals surface area contributed by atoms with E-state index in [4.69, 9.17) is 4.74 Å². The van der Waals surface area contributed by atoms with Crippen LogP contribution in [0.1, 0.15) is 47.1 Å². The number of hydrogen-bond acceptors (Lipinski definition) is 2. The monoisotopic (exact) mass is 414 g/mol. The zero-order chi connectivity index (χ0) is 22.1. The first-order valence-corrected chi connectivity index (χ1v) is 10.9. The van der Waals surface area contributed by atoms with Crippen LogP contribution < -0.4 is 0 Å². The van der Waals surface area contributed by atoms with Crippen LogP contribution in [0.15, 0.2) is 48.5 Å². The molecule has 160 valence electrons. The standard InChI is InChI=1S/C27H30N2O2/c1-6-7-15-29-18(3)23(24(19(29)4)27(30)31-5)25-21-16-17(2)13-14-22(21)28-26(25)20-11-9-8-10-12-20/h8-14,16,28H,6-7,15H2,1-5H3. The number of H-pyrrole nitrogens is 1. The quantitative estimate of drug-likeness (QED) is 0.352. The molecule has 1 N–H and O–H groups in total. The first-order valence-electron chi connectivity index (χ1n) is 10.9. The lowest BCUT2D eigenvalue weighted by Gasteiger charge is -2.10. The summed E-state index contributed by atoms with van der Waals surface area (Å²) in [7, 11) is 1.46. The third-order valence-electron chi connectivity index (χ3n) is 6.17. The van der Waals surface area contributed by atoms with Crippen molar-refractivity contribution in [3.63, 3.8) is 0 Å². The molecule has 4 rings (SSSR count). The van der Waals surface area contributed by atoms with Crippen LogP contribution in [-0.4, -0.2) is 22.6 Å². The average Bonchev–Trinajstić information content (AvgIpc) is 3.26. The summed E-state index contributed by atoms with van der Waals surface area (Å²) in [6, 6.07) is 16.8. The fraction of sp³-hybridized carbons (Fsp3) is 0.296. The lowest BCUT2D eigenvalue weighted by molar-refractivity contribution is 0.0600. The summed E-state index contributed by atoms with van der Waals surface area (Å²) in [5, 5.41) is 1.12. The lowest BCUT2D eigenvalue weighted by atomic mass is 9.94. The van der Waals surface area contributed by atoms with Gasteiger partial charge in [0.2, 0.25) is 0 Å². The van der Waals surface area contributed by atoms with Crippen LogP contribution in [0.2, 0.25) is 0 Å². The maximum absolute atomic E-state index is 13.0. The van der Waals surface area contributed by atoms with E-state index in [1.54, 1.807) is 0 Å². The van der Waals surface area contributed by atoms with Crippen LogP contribution in [-0.2, 0) is 11.3 Å². The van der Waals surface area contributed by atoms with Crippen LogP contribution in [0.3, 0.4) is 0 Å². The third kappa shape index (κ3) is 3.56. The van der Waals surface area contributed by atoms with Crippen LogP contribution in [0.25, 0.3) is 33.3 Å². The van der Waals surface area contributed by atoms with E-state index in [1.165, 1.54) is 12.7 Å². The number of aromatic nitrogens is 2. The van der Waals surface area contributed by atoms with Gasteiger partial charge in [0.15, 0.2) is 0 Å². The van der Waals surface area contributed by atoms with Crippen molar-refractivity contribution in [3.05, 3.63) is 71.0 Å². The number of rotatable bonds is 6. The SMILES string of the molecule is CCCCn1c(C)c(C(=O)OC)c(-c2c(-c3ccccc3)[nH]c3ccc(C)cc23)c1C. The number of aromatic amines is 1. The minimum absolute atomic E-state index is 0.285. The Morgan fingerprint density at radius 2 is 1.74 bits per heavy atom. The van der Waals surface area contributed by atoms with E-state index in [9.17, 15) is 4.79 Å². The molecule has 0 fully saturated rings. The molecule has 31 heavy (non-hydrogen) atoms. The van der Waals surface area contributed by atoms with Crippen molar-refractivity contribution in [2.45, 2.75) is 47.1 Å². The van der Waals surface area contributed by atoms with E-state index in [0.717, 1.165) is 64.1 Å². The molecular formula is C27H30N2O2. The van der Waals surface area contributed by atoms with Gasteiger partial charge in [-0.05, 0) is 44.9 Å². The van der Waals surface area contributed by atoms with Gasteiger partial charge in [-0.15, -0.1) is 0 Å². The normalized spacial score (nSPS) is 11.3. The van der Waals surface area contributed by atoms with Gasteiger partial charge in [-0.25, -0.2) is 4.79 Å². The number of carbonyl (C=O) groups is 1. The second-order valence-corrected chi connectivity index (χ2v) is 8.21. The summed E-state index contributed by atoms with van der Waals surface area (Å²) in [5.74, 6) is -0.285. The molecule has 0 saturated heterocycles. The van der Waals surface area contributed by atoms with Crippen LogP contribution >= 0.6 is 0 Å². The highest BCUT2D eigenvalue weighted by atomic mass is 16.5.